The van der Waals surface area contributed by atoms with Gasteiger partial charge in [0.05, 0.1) is 5.52 Å². The van der Waals surface area contributed by atoms with Gasteiger partial charge in [0.1, 0.15) is 5.75 Å². The zero-order chi connectivity index (χ0) is 10.8. The fraction of sp³-hybridized carbons (Fsp3) is 0.333. The summed E-state index contributed by atoms with van der Waals surface area (Å²) in [7, 11) is 0. The van der Waals surface area contributed by atoms with Gasteiger partial charge in [-0.3, -0.25) is 0 Å². The first-order valence-corrected chi connectivity index (χ1v) is 5.20. The zero-order valence-corrected chi connectivity index (χ0v) is 9.04. The van der Waals surface area contributed by atoms with Gasteiger partial charge in [-0.15, -0.1) is 0 Å². The number of rotatable bonds is 3. The fourth-order valence-corrected chi connectivity index (χ4v) is 1.61. The Morgan fingerprint density at radius 1 is 1.40 bits per heavy atom. The molecule has 0 unspecified atom stereocenters. The normalized spacial score (nSPS) is 11.4. The Kier molecular flexibility index (Phi) is 2.64. The predicted octanol–water partition coefficient (Wildman–Crippen LogP) is 2.37. The molecule has 0 aliphatic carbocycles. The maximum absolute atomic E-state index is 9.61. The summed E-state index contributed by atoms with van der Waals surface area (Å²) in [6, 6.07) is 8.06. The van der Waals surface area contributed by atoms with Crippen molar-refractivity contribution >= 4 is 10.9 Å². The number of para-hydroxylation sites is 1. The minimum absolute atomic E-state index is 0.309. The van der Waals surface area contributed by atoms with Gasteiger partial charge in [-0.05, 0) is 12.1 Å². The molecule has 0 spiro atoms. The van der Waals surface area contributed by atoms with Crippen molar-refractivity contribution in [3.05, 3.63) is 30.0 Å². The molecule has 3 heteroatoms. The lowest BCUT2D eigenvalue weighted by Crippen LogP contribution is -2.21. The molecule has 0 aliphatic rings. The highest BCUT2D eigenvalue weighted by Gasteiger charge is 2.04. The number of H-pyrrole nitrogens is 1. The Labute approximate surface area is 89.1 Å². The summed E-state index contributed by atoms with van der Waals surface area (Å²) in [6.07, 6.45) is 0. The lowest BCUT2D eigenvalue weighted by Gasteiger charge is -2.05. The molecule has 0 saturated carbocycles. The molecular formula is C12H16N2O. The number of benzene rings is 1. The van der Waals surface area contributed by atoms with E-state index in [9.17, 15) is 5.11 Å². The summed E-state index contributed by atoms with van der Waals surface area (Å²) in [6.45, 7) is 5.02. The first kappa shape index (κ1) is 10.1. The number of fused-ring (bicyclic) bond motifs is 1. The molecule has 0 aliphatic heterocycles. The molecule has 3 nitrogen and oxygen atoms in total. The maximum atomic E-state index is 9.61. The van der Waals surface area contributed by atoms with Gasteiger partial charge in [-0.1, -0.05) is 26.0 Å². The molecule has 1 aromatic heterocycles. The monoisotopic (exact) mass is 204 g/mol. The Hall–Kier alpha value is -1.48. The summed E-state index contributed by atoms with van der Waals surface area (Å²) < 4.78 is 0. The molecule has 2 aromatic rings. The van der Waals surface area contributed by atoms with E-state index in [1.807, 2.05) is 12.1 Å². The standard InChI is InChI=1S/C12H16N2O/c1-8(2)13-7-10-6-9-4-3-5-11(15)12(9)14-10/h3-6,8,13-15H,7H2,1-2H3. The van der Waals surface area contributed by atoms with Gasteiger partial charge in [0.25, 0.3) is 0 Å². The third-order valence-corrected chi connectivity index (χ3v) is 2.39. The van der Waals surface area contributed by atoms with Gasteiger partial charge in [0, 0.05) is 23.7 Å². The minimum atomic E-state index is 0.309. The molecule has 0 atom stereocenters. The first-order chi connectivity index (χ1) is 7.16. The molecule has 1 aromatic carbocycles. The molecular weight excluding hydrogens is 188 g/mol. The van der Waals surface area contributed by atoms with Crippen molar-refractivity contribution in [2.75, 3.05) is 0 Å². The van der Waals surface area contributed by atoms with E-state index < -0.39 is 0 Å². The van der Waals surface area contributed by atoms with Crippen molar-refractivity contribution in [3.63, 3.8) is 0 Å². The van der Waals surface area contributed by atoms with Gasteiger partial charge < -0.3 is 15.4 Å². The number of aromatic amines is 1. The number of phenols is 1. The van der Waals surface area contributed by atoms with Crippen LogP contribution in [0, 0.1) is 0 Å². The van der Waals surface area contributed by atoms with Crippen LogP contribution in [-0.2, 0) is 6.54 Å². The van der Waals surface area contributed by atoms with Crippen LogP contribution in [0.15, 0.2) is 24.3 Å². The minimum Gasteiger partial charge on any atom is -0.506 e. The number of aromatic nitrogens is 1. The second-order valence-corrected chi connectivity index (χ2v) is 4.07. The maximum Gasteiger partial charge on any atom is 0.139 e. The van der Waals surface area contributed by atoms with Crippen molar-refractivity contribution in [1.29, 1.82) is 0 Å². The highest BCUT2D eigenvalue weighted by Crippen LogP contribution is 2.24. The largest absolute Gasteiger partial charge is 0.506 e. The predicted molar refractivity (Wildman–Crippen MR) is 61.9 cm³/mol. The van der Waals surface area contributed by atoms with Crippen LogP contribution >= 0.6 is 0 Å². The lowest BCUT2D eigenvalue weighted by atomic mass is 10.2. The van der Waals surface area contributed by atoms with Gasteiger partial charge in [0.15, 0.2) is 0 Å². The van der Waals surface area contributed by atoms with Crippen molar-refractivity contribution in [2.24, 2.45) is 0 Å². The van der Waals surface area contributed by atoms with Crippen LogP contribution in [0.2, 0.25) is 0 Å². The van der Waals surface area contributed by atoms with E-state index in [0.29, 0.717) is 11.8 Å². The van der Waals surface area contributed by atoms with E-state index >= 15 is 0 Å². The quantitative estimate of drug-likeness (QED) is 0.718. The van der Waals surface area contributed by atoms with E-state index in [1.165, 1.54) is 0 Å². The second-order valence-electron chi connectivity index (χ2n) is 4.07. The topological polar surface area (TPSA) is 48.0 Å². The molecule has 3 N–H and O–H groups in total. The molecule has 0 radical (unpaired) electrons. The Balaban J connectivity index is 2.27. The van der Waals surface area contributed by atoms with Crippen LogP contribution in [-0.4, -0.2) is 16.1 Å². The average Bonchev–Trinajstić information content (AvgIpc) is 2.59. The van der Waals surface area contributed by atoms with Crippen molar-refractivity contribution in [2.45, 2.75) is 26.4 Å². The van der Waals surface area contributed by atoms with Crippen molar-refractivity contribution in [3.8, 4) is 5.75 Å². The molecule has 80 valence electrons. The highest BCUT2D eigenvalue weighted by molar-refractivity contribution is 5.85. The summed E-state index contributed by atoms with van der Waals surface area (Å²) in [4.78, 5) is 3.21. The average molecular weight is 204 g/mol. The van der Waals surface area contributed by atoms with Gasteiger partial charge in [-0.25, -0.2) is 0 Å². The van der Waals surface area contributed by atoms with Crippen molar-refractivity contribution < 1.29 is 5.11 Å². The third kappa shape index (κ3) is 2.13. The van der Waals surface area contributed by atoms with Crippen molar-refractivity contribution in [1.82, 2.24) is 10.3 Å². The van der Waals surface area contributed by atoms with E-state index in [1.54, 1.807) is 6.07 Å². The number of aromatic hydroxyl groups is 1. The van der Waals surface area contributed by atoms with Gasteiger partial charge >= 0.3 is 0 Å². The van der Waals surface area contributed by atoms with Gasteiger partial charge in [0.2, 0.25) is 0 Å². The van der Waals surface area contributed by atoms with E-state index in [0.717, 1.165) is 23.1 Å². The first-order valence-electron chi connectivity index (χ1n) is 5.20. The second kappa shape index (κ2) is 3.95. The fourth-order valence-electron chi connectivity index (χ4n) is 1.61. The number of hydrogen-bond acceptors (Lipinski definition) is 2. The van der Waals surface area contributed by atoms with Crippen LogP contribution in [0.3, 0.4) is 0 Å². The number of hydrogen-bond donors (Lipinski definition) is 3. The molecule has 2 rings (SSSR count). The zero-order valence-electron chi connectivity index (χ0n) is 9.04. The molecule has 0 bridgehead atoms. The smallest absolute Gasteiger partial charge is 0.139 e. The van der Waals surface area contributed by atoms with E-state index in [-0.39, 0.29) is 0 Å². The lowest BCUT2D eigenvalue weighted by molar-refractivity contribution is 0.480. The Morgan fingerprint density at radius 2 is 2.20 bits per heavy atom. The van der Waals surface area contributed by atoms with Gasteiger partial charge in [-0.2, -0.15) is 0 Å². The highest BCUT2D eigenvalue weighted by atomic mass is 16.3. The summed E-state index contributed by atoms with van der Waals surface area (Å²) in [5.74, 6) is 0.309. The SMILES string of the molecule is CC(C)NCc1cc2cccc(O)c2[nH]1. The molecule has 1 heterocycles. The van der Waals surface area contributed by atoms with Crippen LogP contribution in [0.25, 0.3) is 10.9 Å². The molecule has 0 amide bonds. The van der Waals surface area contributed by atoms with Crippen LogP contribution in [0.4, 0.5) is 0 Å². The van der Waals surface area contributed by atoms with E-state index in [2.05, 4.69) is 30.2 Å². The summed E-state index contributed by atoms with van der Waals surface area (Å²) >= 11 is 0. The molecule has 0 fully saturated rings. The number of nitrogens with one attached hydrogen (secondary N) is 2. The molecule has 15 heavy (non-hydrogen) atoms. The summed E-state index contributed by atoms with van der Waals surface area (Å²) in [5, 5.41) is 14.0. The Bertz CT molecular complexity index is 460. The molecule has 0 saturated heterocycles. The van der Waals surface area contributed by atoms with Crippen LogP contribution < -0.4 is 5.32 Å². The Morgan fingerprint density at radius 3 is 2.87 bits per heavy atom. The third-order valence-electron chi connectivity index (χ3n) is 2.39. The summed E-state index contributed by atoms with van der Waals surface area (Å²) in [5.41, 5.74) is 1.92. The van der Waals surface area contributed by atoms with Crippen LogP contribution in [0.1, 0.15) is 19.5 Å². The van der Waals surface area contributed by atoms with Crippen LogP contribution in [0.5, 0.6) is 5.75 Å². The number of phenolic OH excluding ortho intramolecular Hbond substituents is 1. The van der Waals surface area contributed by atoms with E-state index in [4.69, 9.17) is 0 Å².